The molecule has 0 unspecified atom stereocenters. The number of aliphatic hydroxyl groups is 1. The molecule has 0 saturated carbocycles. The molecule has 1 aliphatic rings. The molecule has 2 aromatic rings. The third kappa shape index (κ3) is 4.08. The van der Waals surface area contributed by atoms with Gasteiger partial charge in [-0.1, -0.05) is 29.8 Å². The largest absolute Gasteiger partial charge is 0.497 e. The summed E-state index contributed by atoms with van der Waals surface area (Å²) in [5, 5.41) is 10.4. The van der Waals surface area contributed by atoms with E-state index in [0.29, 0.717) is 6.54 Å². The summed E-state index contributed by atoms with van der Waals surface area (Å²) in [6.07, 6.45) is -0.418. The van der Waals surface area contributed by atoms with E-state index in [0.717, 1.165) is 37.5 Å². The summed E-state index contributed by atoms with van der Waals surface area (Å²) in [5.74, 6) is 0.888. The lowest BCUT2D eigenvalue weighted by Gasteiger charge is -2.37. The van der Waals surface area contributed by atoms with E-state index in [1.54, 1.807) is 7.11 Å². The molecule has 2 aromatic carbocycles. The molecular weight excluding hydrogens is 300 g/mol. The van der Waals surface area contributed by atoms with E-state index >= 15 is 0 Å². The van der Waals surface area contributed by atoms with Crippen molar-refractivity contribution in [2.24, 2.45) is 0 Å². The highest BCUT2D eigenvalue weighted by Crippen LogP contribution is 2.21. The second-order valence-corrected chi connectivity index (χ2v) is 6.41. The lowest BCUT2D eigenvalue weighted by Crippen LogP contribution is -2.47. The Hall–Kier alpha value is -2.04. The molecule has 0 spiro atoms. The molecule has 3 rings (SSSR count). The summed E-state index contributed by atoms with van der Waals surface area (Å²) in [4.78, 5) is 4.72. The molecule has 128 valence electrons. The van der Waals surface area contributed by atoms with E-state index < -0.39 is 6.10 Å². The molecule has 4 heteroatoms. The van der Waals surface area contributed by atoms with Gasteiger partial charge in [0.05, 0.1) is 13.2 Å². The van der Waals surface area contributed by atoms with Crippen LogP contribution in [0.25, 0.3) is 0 Å². The van der Waals surface area contributed by atoms with Crippen molar-refractivity contribution in [3.05, 3.63) is 59.7 Å². The van der Waals surface area contributed by atoms with Gasteiger partial charge in [0.1, 0.15) is 5.75 Å². The van der Waals surface area contributed by atoms with Gasteiger partial charge in [-0.3, -0.25) is 4.90 Å². The van der Waals surface area contributed by atoms with E-state index in [2.05, 4.69) is 41.0 Å². The first-order valence-electron chi connectivity index (χ1n) is 8.51. The van der Waals surface area contributed by atoms with Crippen molar-refractivity contribution in [3.63, 3.8) is 0 Å². The predicted molar refractivity (Wildman–Crippen MR) is 97.8 cm³/mol. The Labute approximate surface area is 144 Å². The van der Waals surface area contributed by atoms with Crippen LogP contribution in [0.1, 0.15) is 17.2 Å². The van der Waals surface area contributed by atoms with E-state index in [1.807, 2.05) is 24.3 Å². The fourth-order valence-electron chi connectivity index (χ4n) is 3.12. The van der Waals surface area contributed by atoms with Gasteiger partial charge in [0.25, 0.3) is 0 Å². The molecule has 1 N–H and O–H groups in total. The minimum Gasteiger partial charge on any atom is -0.497 e. The Morgan fingerprint density at radius 2 is 1.58 bits per heavy atom. The van der Waals surface area contributed by atoms with Crippen LogP contribution >= 0.6 is 0 Å². The van der Waals surface area contributed by atoms with Crippen molar-refractivity contribution >= 4 is 5.69 Å². The molecule has 0 bridgehead atoms. The zero-order valence-corrected chi connectivity index (χ0v) is 14.5. The fraction of sp³-hybridized carbons (Fsp3) is 0.400. The van der Waals surface area contributed by atoms with E-state index in [-0.39, 0.29) is 0 Å². The number of piperazine rings is 1. The summed E-state index contributed by atoms with van der Waals surface area (Å²) in [5.41, 5.74) is 3.45. The van der Waals surface area contributed by atoms with Crippen LogP contribution in [0.3, 0.4) is 0 Å². The van der Waals surface area contributed by atoms with Crippen LogP contribution in [0.15, 0.2) is 48.5 Å². The van der Waals surface area contributed by atoms with Crippen molar-refractivity contribution in [2.75, 3.05) is 44.7 Å². The number of benzene rings is 2. The highest BCUT2D eigenvalue weighted by molar-refractivity contribution is 5.49. The summed E-state index contributed by atoms with van der Waals surface area (Å²) >= 11 is 0. The van der Waals surface area contributed by atoms with Crippen LogP contribution in [0.5, 0.6) is 5.75 Å². The fourth-order valence-corrected chi connectivity index (χ4v) is 3.12. The van der Waals surface area contributed by atoms with E-state index in [9.17, 15) is 5.11 Å². The highest BCUT2D eigenvalue weighted by Gasteiger charge is 2.20. The number of hydrogen-bond donors (Lipinski definition) is 1. The van der Waals surface area contributed by atoms with Gasteiger partial charge in [0, 0.05) is 38.4 Å². The number of β-amino-alcohol motifs (C(OH)–C–C–N with tert-alkyl or cyclic N) is 1. The molecule has 0 aromatic heterocycles. The lowest BCUT2D eigenvalue weighted by atomic mass is 10.1. The van der Waals surface area contributed by atoms with Crippen molar-refractivity contribution in [3.8, 4) is 5.75 Å². The number of hydrogen-bond acceptors (Lipinski definition) is 4. The predicted octanol–water partition coefficient (Wildman–Crippen LogP) is 2.86. The maximum Gasteiger partial charge on any atom is 0.119 e. The number of aryl methyl sites for hydroxylation is 1. The molecule has 4 nitrogen and oxygen atoms in total. The molecule has 1 aliphatic heterocycles. The van der Waals surface area contributed by atoms with Gasteiger partial charge in [0.2, 0.25) is 0 Å². The van der Waals surface area contributed by atoms with Gasteiger partial charge in [-0.15, -0.1) is 0 Å². The molecule has 24 heavy (non-hydrogen) atoms. The number of ether oxygens (including phenoxy) is 1. The summed E-state index contributed by atoms with van der Waals surface area (Å²) in [7, 11) is 1.69. The maximum atomic E-state index is 10.4. The minimum absolute atomic E-state index is 0.418. The van der Waals surface area contributed by atoms with Crippen LogP contribution in [0.4, 0.5) is 5.69 Å². The third-order valence-electron chi connectivity index (χ3n) is 4.70. The zero-order valence-electron chi connectivity index (χ0n) is 14.5. The maximum absolute atomic E-state index is 10.4. The van der Waals surface area contributed by atoms with Crippen LogP contribution in [-0.4, -0.2) is 49.8 Å². The minimum atomic E-state index is -0.418. The highest BCUT2D eigenvalue weighted by atomic mass is 16.5. The monoisotopic (exact) mass is 326 g/mol. The molecule has 1 atom stereocenters. The Kier molecular flexibility index (Phi) is 5.38. The number of aliphatic hydroxyl groups excluding tert-OH is 1. The van der Waals surface area contributed by atoms with E-state index in [1.165, 1.54) is 11.3 Å². The lowest BCUT2D eigenvalue weighted by molar-refractivity contribution is 0.109. The van der Waals surface area contributed by atoms with Gasteiger partial charge in [-0.2, -0.15) is 0 Å². The number of nitrogens with zero attached hydrogens (tertiary/aromatic N) is 2. The van der Waals surface area contributed by atoms with Gasteiger partial charge >= 0.3 is 0 Å². The molecule has 1 fully saturated rings. The topological polar surface area (TPSA) is 35.9 Å². The summed E-state index contributed by atoms with van der Waals surface area (Å²) in [6, 6.07) is 16.4. The van der Waals surface area contributed by atoms with Crippen LogP contribution < -0.4 is 9.64 Å². The van der Waals surface area contributed by atoms with Crippen molar-refractivity contribution in [1.82, 2.24) is 4.90 Å². The van der Waals surface area contributed by atoms with Crippen LogP contribution in [0, 0.1) is 6.92 Å². The van der Waals surface area contributed by atoms with Gasteiger partial charge in [0.15, 0.2) is 0 Å². The van der Waals surface area contributed by atoms with Gasteiger partial charge < -0.3 is 14.7 Å². The van der Waals surface area contributed by atoms with E-state index in [4.69, 9.17) is 4.74 Å². The van der Waals surface area contributed by atoms with Crippen molar-refractivity contribution < 1.29 is 9.84 Å². The molecule has 1 saturated heterocycles. The first kappa shape index (κ1) is 16.8. The average molecular weight is 326 g/mol. The normalized spacial score (nSPS) is 16.9. The molecule has 0 radical (unpaired) electrons. The smallest absolute Gasteiger partial charge is 0.119 e. The molecule has 0 aliphatic carbocycles. The van der Waals surface area contributed by atoms with Crippen LogP contribution in [0.2, 0.25) is 0 Å². The number of anilines is 1. The zero-order chi connectivity index (χ0) is 16.9. The second-order valence-electron chi connectivity index (χ2n) is 6.41. The number of methoxy groups -OCH3 is 1. The molecule has 1 heterocycles. The Bertz CT molecular complexity index is 632. The third-order valence-corrected chi connectivity index (χ3v) is 4.70. The van der Waals surface area contributed by atoms with Gasteiger partial charge in [-0.05, 0) is 36.8 Å². The Morgan fingerprint density at radius 1 is 0.958 bits per heavy atom. The van der Waals surface area contributed by atoms with Crippen molar-refractivity contribution in [1.29, 1.82) is 0 Å². The Balaban J connectivity index is 1.52. The standard InChI is InChI=1S/C20H26N2O2/c1-16-3-5-17(6-4-16)20(23)15-21-11-13-22(14-12-21)18-7-9-19(24-2)10-8-18/h3-10,20,23H,11-15H2,1-2H3/t20-/m1/s1. The summed E-state index contributed by atoms with van der Waals surface area (Å²) < 4.78 is 5.21. The average Bonchev–Trinajstić information content (AvgIpc) is 2.63. The first-order chi connectivity index (χ1) is 11.7. The van der Waals surface area contributed by atoms with Gasteiger partial charge in [-0.25, -0.2) is 0 Å². The SMILES string of the molecule is COc1ccc(N2CCN(C[C@@H](O)c3ccc(C)cc3)CC2)cc1. The molecule has 0 amide bonds. The molecular formula is C20H26N2O2. The second kappa shape index (κ2) is 7.69. The Morgan fingerprint density at radius 3 is 2.17 bits per heavy atom. The quantitative estimate of drug-likeness (QED) is 0.916. The summed E-state index contributed by atoms with van der Waals surface area (Å²) in [6.45, 7) is 6.65. The van der Waals surface area contributed by atoms with Crippen LogP contribution in [-0.2, 0) is 0 Å². The number of rotatable bonds is 5. The van der Waals surface area contributed by atoms with Crippen molar-refractivity contribution in [2.45, 2.75) is 13.0 Å². The first-order valence-corrected chi connectivity index (χ1v) is 8.51.